The minimum atomic E-state index is 0.107. The zero-order chi connectivity index (χ0) is 17.6. The number of thiocarbonyl (C=S) groups is 1. The molecular formula is C19H26N6S. The Balaban J connectivity index is 1.57. The molecule has 1 spiro atoms. The molecule has 2 fully saturated rings. The molecule has 1 unspecified atom stereocenters. The van der Waals surface area contributed by atoms with Gasteiger partial charge in [0.1, 0.15) is 10.6 Å². The third-order valence-corrected chi connectivity index (χ3v) is 6.59. The summed E-state index contributed by atoms with van der Waals surface area (Å²) < 4.78 is 2.44. The molecule has 5 rings (SSSR count). The standard InChI is InChI=1S/C19H26N6S/c26-17-15-9-13-10-21-18(23-14-5-4-8-20-11-14)24-16(13)25(15)19(12-22-17)6-2-1-3-7-19/h9-10,14,20H,1-8,11-12H2,(H,22,26)(H,21,23,24). The first-order chi connectivity index (χ1) is 12.8. The number of hydrogen-bond acceptors (Lipinski definition) is 5. The molecule has 1 saturated carbocycles. The molecule has 1 saturated heterocycles. The molecule has 0 amide bonds. The van der Waals surface area contributed by atoms with E-state index in [0.717, 1.165) is 47.3 Å². The van der Waals surface area contributed by atoms with Crippen LogP contribution in [0.25, 0.3) is 11.0 Å². The smallest absolute Gasteiger partial charge is 0.224 e. The molecule has 1 atom stereocenters. The van der Waals surface area contributed by atoms with E-state index in [1.165, 1.54) is 44.9 Å². The van der Waals surface area contributed by atoms with E-state index in [4.69, 9.17) is 17.2 Å². The lowest BCUT2D eigenvalue weighted by Gasteiger charge is -2.43. The number of fused-ring (bicyclic) bond motifs is 4. The van der Waals surface area contributed by atoms with Crippen molar-refractivity contribution in [2.45, 2.75) is 56.5 Å². The Kier molecular flexibility index (Phi) is 4.09. The van der Waals surface area contributed by atoms with E-state index >= 15 is 0 Å². The van der Waals surface area contributed by atoms with Gasteiger partial charge >= 0.3 is 0 Å². The van der Waals surface area contributed by atoms with Gasteiger partial charge in [-0.2, -0.15) is 4.98 Å². The molecule has 0 bridgehead atoms. The third-order valence-electron chi connectivity index (χ3n) is 6.24. The first kappa shape index (κ1) is 16.4. The molecule has 0 aromatic carbocycles. The predicted octanol–water partition coefficient (Wildman–Crippen LogP) is 2.53. The number of piperidine rings is 1. The molecule has 2 aromatic rings. The van der Waals surface area contributed by atoms with Crippen LogP contribution in [0.1, 0.15) is 50.6 Å². The van der Waals surface area contributed by atoms with Gasteiger partial charge < -0.3 is 20.5 Å². The van der Waals surface area contributed by atoms with E-state index in [1.54, 1.807) is 0 Å². The van der Waals surface area contributed by atoms with Crippen molar-refractivity contribution in [1.82, 2.24) is 25.2 Å². The Morgan fingerprint density at radius 1 is 1.23 bits per heavy atom. The summed E-state index contributed by atoms with van der Waals surface area (Å²) in [6.45, 7) is 3.00. The van der Waals surface area contributed by atoms with Crippen molar-refractivity contribution in [3.05, 3.63) is 18.0 Å². The lowest BCUT2D eigenvalue weighted by Crippen LogP contribution is -2.52. The Hall–Kier alpha value is -1.73. The molecule has 3 N–H and O–H groups in total. The molecular weight excluding hydrogens is 344 g/mol. The van der Waals surface area contributed by atoms with Crippen LogP contribution >= 0.6 is 12.2 Å². The maximum absolute atomic E-state index is 5.61. The van der Waals surface area contributed by atoms with Crippen molar-refractivity contribution in [1.29, 1.82) is 0 Å². The fourth-order valence-electron chi connectivity index (χ4n) is 4.89. The molecule has 2 aliphatic heterocycles. The van der Waals surface area contributed by atoms with Crippen molar-refractivity contribution in [3.63, 3.8) is 0 Å². The first-order valence-corrected chi connectivity index (χ1v) is 10.3. The monoisotopic (exact) mass is 370 g/mol. The Morgan fingerprint density at radius 2 is 2.12 bits per heavy atom. The Morgan fingerprint density at radius 3 is 2.92 bits per heavy atom. The van der Waals surface area contributed by atoms with Crippen LogP contribution in [-0.4, -0.2) is 45.2 Å². The largest absolute Gasteiger partial charge is 0.372 e. The lowest BCUT2D eigenvalue weighted by molar-refractivity contribution is 0.193. The second kappa shape index (κ2) is 6.46. The SMILES string of the molecule is S=C1NCC2(CCCCC2)n2c1cc1cnc(NC3CCCNC3)nc12. The van der Waals surface area contributed by atoms with E-state index in [-0.39, 0.29) is 5.54 Å². The minimum absolute atomic E-state index is 0.107. The van der Waals surface area contributed by atoms with E-state index in [1.807, 2.05) is 6.20 Å². The summed E-state index contributed by atoms with van der Waals surface area (Å²) in [6.07, 6.45) is 10.6. The van der Waals surface area contributed by atoms with Crippen molar-refractivity contribution in [2.75, 3.05) is 25.0 Å². The van der Waals surface area contributed by atoms with Gasteiger partial charge in [0, 0.05) is 30.7 Å². The van der Waals surface area contributed by atoms with Gasteiger partial charge in [-0.15, -0.1) is 0 Å². The average molecular weight is 371 g/mol. The van der Waals surface area contributed by atoms with Crippen LogP contribution in [0.3, 0.4) is 0 Å². The third kappa shape index (κ3) is 2.68. The second-order valence-electron chi connectivity index (χ2n) is 7.99. The maximum atomic E-state index is 5.61. The molecule has 138 valence electrons. The molecule has 2 aromatic heterocycles. The van der Waals surface area contributed by atoms with Gasteiger partial charge in [0.15, 0.2) is 0 Å². The van der Waals surface area contributed by atoms with Crippen LogP contribution < -0.4 is 16.0 Å². The highest BCUT2D eigenvalue weighted by Crippen LogP contribution is 2.40. The van der Waals surface area contributed by atoms with Crippen LogP contribution in [-0.2, 0) is 5.54 Å². The van der Waals surface area contributed by atoms with Gasteiger partial charge in [-0.05, 0) is 38.3 Å². The highest BCUT2D eigenvalue weighted by Gasteiger charge is 2.40. The molecule has 3 aliphatic rings. The zero-order valence-electron chi connectivity index (χ0n) is 15.1. The van der Waals surface area contributed by atoms with Crippen LogP contribution in [0, 0.1) is 0 Å². The summed E-state index contributed by atoms with van der Waals surface area (Å²) in [5.74, 6) is 0.738. The van der Waals surface area contributed by atoms with Crippen LogP contribution in [0.15, 0.2) is 12.3 Å². The highest BCUT2D eigenvalue weighted by atomic mass is 32.1. The van der Waals surface area contributed by atoms with E-state index in [2.05, 4.69) is 31.6 Å². The predicted molar refractivity (Wildman–Crippen MR) is 108 cm³/mol. The number of hydrogen-bond donors (Lipinski definition) is 3. The number of nitrogens with one attached hydrogen (secondary N) is 3. The van der Waals surface area contributed by atoms with Crippen molar-refractivity contribution < 1.29 is 0 Å². The molecule has 26 heavy (non-hydrogen) atoms. The maximum Gasteiger partial charge on any atom is 0.224 e. The average Bonchev–Trinajstić information content (AvgIpc) is 3.07. The molecule has 1 aliphatic carbocycles. The van der Waals surface area contributed by atoms with Crippen LogP contribution in [0.2, 0.25) is 0 Å². The zero-order valence-corrected chi connectivity index (χ0v) is 15.9. The Labute approximate surface area is 159 Å². The summed E-state index contributed by atoms with van der Waals surface area (Å²) in [5.41, 5.74) is 2.25. The normalized spacial score (nSPS) is 25.1. The quantitative estimate of drug-likeness (QED) is 0.706. The minimum Gasteiger partial charge on any atom is -0.372 e. The molecule has 4 heterocycles. The fraction of sp³-hybridized carbons (Fsp3) is 0.632. The number of aromatic nitrogens is 3. The molecule has 0 radical (unpaired) electrons. The first-order valence-electron chi connectivity index (χ1n) is 9.90. The fourth-order valence-corrected chi connectivity index (χ4v) is 5.11. The van der Waals surface area contributed by atoms with Gasteiger partial charge in [-0.3, -0.25) is 0 Å². The van der Waals surface area contributed by atoms with Gasteiger partial charge in [0.25, 0.3) is 0 Å². The summed E-state index contributed by atoms with van der Waals surface area (Å²) in [7, 11) is 0. The topological polar surface area (TPSA) is 66.8 Å². The molecule has 6 nitrogen and oxygen atoms in total. The number of rotatable bonds is 2. The number of anilines is 1. The summed E-state index contributed by atoms with van der Waals surface area (Å²) in [5, 5.41) is 11.5. The van der Waals surface area contributed by atoms with E-state index < -0.39 is 0 Å². The van der Waals surface area contributed by atoms with Gasteiger partial charge in [-0.1, -0.05) is 31.5 Å². The van der Waals surface area contributed by atoms with Gasteiger partial charge in [0.05, 0.1) is 11.2 Å². The van der Waals surface area contributed by atoms with Crippen LogP contribution in [0.5, 0.6) is 0 Å². The number of nitrogens with zero attached hydrogens (tertiary/aromatic N) is 3. The Bertz CT molecular complexity index is 832. The van der Waals surface area contributed by atoms with Gasteiger partial charge in [0.2, 0.25) is 5.95 Å². The van der Waals surface area contributed by atoms with Crippen LogP contribution in [0.4, 0.5) is 5.95 Å². The van der Waals surface area contributed by atoms with E-state index in [0.29, 0.717) is 6.04 Å². The van der Waals surface area contributed by atoms with E-state index in [9.17, 15) is 0 Å². The van der Waals surface area contributed by atoms with Gasteiger partial charge in [-0.25, -0.2) is 4.98 Å². The van der Waals surface area contributed by atoms with Crippen molar-refractivity contribution >= 4 is 34.2 Å². The summed E-state index contributed by atoms with van der Waals surface area (Å²) in [4.78, 5) is 10.4. The molecule has 7 heteroatoms. The van der Waals surface area contributed by atoms with Crippen molar-refractivity contribution in [3.8, 4) is 0 Å². The summed E-state index contributed by atoms with van der Waals surface area (Å²) >= 11 is 5.61. The van der Waals surface area contributed by atoms with Crippen molar-refractivity contribution in [2.24, 2.45) is 0 Å². The summed E-state index contributed by atoms with van der Waals surface area (Å²) in [6, 6.07) is 2.56. The lowest BCUT2D eigenvalue weighted by atomic mass is 9.80. The second-order valence-corrected chi connectivity index (χ2v) is 8.40. The highest BCUT2D eigenvalue weighted by molar-refractivity contribution is 7.80.